The number of carbonyl (C=O) groups is 1. The standard InChI is InChI=1S/C21H22N2O5/c1-14(15-8-9-18-19(13-15)27-12-11-26-18)22-20(24)7-4-10-23-16-5-2-3-6-17(16)28-21(23)25/h2-3,5-6,8-9,13-14H,4,7,10-12H2,1H3,(H,22,24). The van der Waals surface area contributed by atoms with Gasteiger partial charge in [-0.2, -0.15) is 0 Å². The first-order valence-corrected chi connectivity index (χ1v) is 9.39. The second-order valence-corrected chi connectivity index (χ2v) is 6.78. The van der Waals surface area contributed by atoms with Gasteiger partial charge in [-0.3, -0.25) is 9.36 Å². The number of amides is 1. The summed E-state index contributed by atoms with van der Waals surface area (Å²) >= 11 is 0. The highest BCUT2D eigenvalue weighted by Crippen LogP contribution is 2.32. The molecule has 2 heterocycles. The third-order valence-corrected chi connectivity index (χ3v) is 4.80. The van der Waals surface area contributed by atoms with Crippen LogP contribution < -0.4 is 20.5 Å². The van der Waals surface area contributed by atoms with E-state index in [0.717, 1.165) is 16.8 Å². The van der Waals surface area contributed by atoms with Gasteiger partial charge in [0.25, 0.3) is 0 Å². The number of rotatable bonds is 6. The Balaban J connectivity index is 1.33. The number of carbonyl (C=O) groups excluding carboxylic acids is 1. The molecule has 0 aliphatic carbocycles. The maximum Gasteiger partial charge on any atom is 0.419 e. The monoisotopic (exact) mass is 382 g/mol. The number of ether oxygens (including phenoxy) is 2. The largest absolute Gasteiger partial charge is 0.486 e. The van der Waals surface area contributed by atoms with Gasteiger partial charge in [-0.1, -0.05) is 18.2 Å². The minimum absolute atomic E-state index is 0.0664. The fourth-order valence-corrected chi connectivity index (χ4v) is 3.35. The summed E-state index contributed by atoms with van der Waals surface area (Å²) in [4.78, 5) is 24.3. The molecule has 0 saturated heterocycles. The van der Waals surface area contributed by atoms with E-state index in [4.69, 9.17) is 13.9 Å². The lowest BCUT2D eigenvalue weighted by Crippen LogP contribution is -2.27. The fourth-order valence-electron chi connectivity index (χ4n) is 3.35. The third-order valence-electron chi connectivity index (χ3n) is 4.80. The van der Waals surface area contributed by atoms with E-state index in [1.165, 1.54) is 0 Å². The minimum atomic E-state index is -0.397. The zero-order chi connectivity index (χ0) is 19.5. The van der Waals surface area contributed by atoms with E-state index in [1.807, 2.05) is 43.3 Å². The van der Waals surface area contributed by atoms with Crippen molar-refractivity contribution in [2.24, 2.45) is 0 Å². The average Bonchev–Trinajstić information content (AvgIpc) is 3.03. The van der Waals surface area contributed by atoms with Gasteiger partial charge >= 0.3 is 5.76 Å². The second-order valence-electron chi connectivity index (χ2n) is 6.78. The first-order chi connectivity index (χ1) is 13.6. The van der Waals surface area contributed by atoms with E-state index < -0.39 is 5.76 Å². The summed E-state index contributed by atoms with van der Waals surface area (Å²) in [6.07, 6.45) is 0.865. The molecule has 7 heteroatoms. The topological polar surface area (TPSA) is 82.7 Å². The van der Waals surface area contributed by atoms with E-state index in [9.17, 15) is 9.59 Å². The van der Waals surface area contributed by atoms with Gasteiger partial charge in [0.15, 0.2) is 17.1 Å². The zero-order valence-corrected chi connectivity index (χ0v) is 15.6. The number of oxazole rings is 1. The Morgan fingerprint density at radius 2 is 1.93 bits per heavy atom. The van der Waals surface area contributed by atoms with Gasteiger partial charge in [-0.15, -0.1) is 0 Å². The number of nitrogens with one attached hydrogen (secondary N) is 1. The molecule has 1 amide bonds. The van der Waals surface area contributed by atoms with E-state index >= 15 is 0 Å². The normalized spacial score (nSPS) is 14.0. The Morgan fingerprint density at radius 3 is 2.79 bits per heavy atom. The molecule has 1 aromatic heterocycles. The van der Waals surface area contributed by atoms with E-state index in [0.29, 0.717) is 43.9 Å². The van der Waals surface area contributed by atoms with Gasteiger partial charge in [0.1, 0.15) is 13.2 Å². The highest BCUT2D eigenvalue weighted by atomic mass is 16.6. The first kappa shape index (κ1) is 18.2. The lowest BCUT2D eigenvalue weighted by molar-refractivity contribution is -0.121. The first-order valence-electron chi connectivity index (χ1n) is 9.39. The molecule has 0 spiro atoms. The summed E-state index contributed by atoms with van der Waals surface area (Å²) < 4.78 is 17.9. The van der Waals surface area contributed by atoms with E-state index in [1.54, 1.807) is 10.6 Å². The fraction of sp³-hybridized carbons (Fsp3) is 0.333. The van der Waals surface area contributed by atoms with Crippen LogP contribution in [-0.4, -0.2) is 23.7 Å². The molecule has 7 nitrogen and oxygen atoms in total. The number of hydrogen-bond donors (Lipinski definition) is 1. The highest BCUT2D eigenvalue weighted by Gasteiger charge is 2.16. The van der Waals surface area contributed by atoms with Gasteiger partial charge in [0, 0.05) is 13.0 Å². The molecule has 146 valence electrons. The molecular formula is C21H22N2O5. The quantitative estimate of drug-likeness (QED) is 0.709. The molecular weight excluding hydrogens is 360 g/mol. The lowest BCUT2D eigenvalue weighted by atomic mass is 10.1. The second kappa shape index (κ2) is 7.80. The van der Waals surface area contributed by atoms with E-state index in [2.05, 4.69) is 5.32 Å². The number of benzene rings is 2. The molecule has 4 rings (SSSR count). The summed E-state index contributed by atoms with van der Waals surface area (Å²) in [5.41, 5.74) is 2.26. The van der Waals surface area contributed by atoms with Crippen LogP contribution in [0.5, 0.6) is 11.5 Å². The van der Waals surface area contributed by atoms with Crippen molar-refractivity contribution in [3.8, 4) is 11.5 Å². The van der Waals surface area contributed by atoms with Crippen molar-refractivity contribution in [3.63, 3.8) is 0 Å². The number of fused-ring (bicyclic) bond motifs is 2. The van der Waals surface area contributed by atoms with Crippen LogP contribution in [0.3, 0.4) is 0 Å². The van der Waals surface area contributed by atoms with Crippen molar-refractivity contribution >= 4 is 17.0 Å². The molecule has 0 saturated carbocycles. The maximum absolute atomic E-state index is 12.3. The average molecular weight is 382 g/mol. The van der Waals surface area contributed by atoms with Crippen LogP contribution in [-0.2, 0) is 11.3 Å². The SMILES string of the molecule is CC(NC(=O)CCCn1c(=O)oc2ccccc21)c1ccc2c(c1)OCCO2. The molecule has 1 unspecified atom stereocenters. The van der Waals surface area contributed by atoms with Gasteiger partial charge in [-0.25, -0.2) is 4.79 Å². The Hall–Kier alpha value is -3.22. The van der Waals surface area contributed by atoms with Crippen molar-refractivity contribution < 1.29 is 18.7 Å². The molecule has 1 atom stereocenters. The predicted molar refractivity (Wildman–Crippen MR) is 104 cm³/mol. The van der Waals surface area contributed by atoms with Crippen LogP contribution in [0.25, 0.3) is 11.1 Å². The van der Waals surface area contributed by atoms with Gasteiger partial charge < -0.3 is 19.2 Å². The van der Waals surface area contributed by atoms with Crippen molar-refractivity contribution in [3.05, 3.63) is 58.6 Å². The number of aryl methyl sites for hydroxylation is 1. The molecule has 1 aliphatic heterocycles. The van der Waals surface area contributed by atoms with Crippen molar-refractivity contribution in [1.29, 1.82) is 0 Å². The maximum atomic E-state index is 12.3. The van der Waals surface area contributed by atoms with Crippen LogP contribution in [0.4, 0.5) is 0 Å². The molecule has 0 fully saturated rings. The van der Waals surface area contributed by atoms with E-state index in [-0.39, 0.29) is 11.9 Å². The van der Waals surface area contributed by atoms with Crippen molar-refractivity contribution in [1.82, 2.24) is 9.88 Å². The minimum Gasteiger partial charge on any atom is -0.486 e. The predicted octanol–water partition coefficient (Wildman–Crippen LogP) is 3.02. The Bertz CT molecular complexity index is 1050. The van der Waals surface area contributed by atoms with Crippen molar-refractivity contribution in [2.45, 2.75) is 32.4 Å². The lowest BCUT2D eigenvalue weighted by Gasteiger charge is -2.21. The molecule has 0 bridgehead atoms. The molecule has 1 N–H and O–H groups in total. The Labute approximate surface area is 161 Å². The molecule has 0 radical (unpaired) electrons. The van der Waals surface area contributed by atoms with Crippen LogP contribution >= 0.6 is 0 Å². The van der Waals surface area contributed by atoms with Gasteiger partial charge in [-0.05, 0) is 43.2 Å². The third kappa shape index (κ3) is 3.74. The summed E-state index contributed by atoms with van der Waals surface area (Å²) in [6.45, 7) is 3.44. The molecule has 28 heavy (non-hydrogen) atoms. The highest BCUT2D eigenvalue weighted by molar-refractivity contribution is 5.76. The number of hydrogen-bond acceptors (Lipinski definition) is 5. The number of para-hydroxylation sites is 2. The van der Waals surface area contributed by atoms with Crippen LogP contribution in [0.1, 0.15) is 31.4 Å². The smallest absolute Gasteiger partial charge is 0.419 e. The molecule has 2 aromatic carbocycles. The molecule has 1 aliphatic rings. The molecule has 3 aromatic rings. The van der Waals surface area contributed by atoms with Crippen LogP contribution in [0, 0.1) is 0 Å². The van der Waals surface area contributed by atoms with Gasteiger partial charge in [0.05, 0.1) is 11.6 Å². The number of aromatic nitrogens is 1. The Kier molecular flexibility index (Phi) is 5.06. The number of nitrogens with zero attached hydrogens (tertiary/aromatic N) is 1. The van der Waals surface area contributed by atoms with Crippen LogP contribution in [0.2, 0.25) is 0 Å². The summed E-state index contributed by atoms with van der Waals surface area (Å²) in [5, 5.41) is 2.99. The summed E-state index contributed by atoms with van der Waals surface area (Å²) in [5.74, 6) is 0.969. The summed E-state index contributed by atoms with van der Waals surface area (Å²) in [6, 6.07) is 12.8. The zero-order valence-electron chi connectivity index (χ0n) is 15.6. The van der Waals surface area contributed by atoms with Gasteiger partial charge in [0.2, 0.25) is 5.91 Å². The Morgan fingerprint density at radius 1 is 1.14 bits per heavy atom. The summed E-state index contributed by atoms with van der Waals surface area (Å²) in [7, 11) is 0. The van der Waals surface area contributed by atoms with Crippen LogP contribution in [0.15, 0.2) is 51.7 Å². The van der Waals surface area contributed by atoms with Crippen molar-refractivity contribution in [2.75, 3.05) is 13.2 Å².